The number of rotatable bonds is 3. The molecule has 0 radical (unpaired) electrons. The maximum absolute atomic E-state index is 13.4. The van der Waals surface area contributed by atoms with E-state index < -0.39 is 20.9 Å². The first-order valence-corrected chi connectivity index (χ1v) is 12.7. The van der Waals surface area contributed by atoms with Crippen molar-refractivity contribution in [3.05, 3.63) is 65.0 Å². The summed E-state index contributed by atoms with van der Waals surface area (Å²) in [5.41, 5.74) is 2.70. The van der Waals surface area contributed by atoms with Gasteiger partial charge in [-0.25, -0.2) is 12.8 Å². The van der Waals surface area contributed by atoms with Crippen molar-refractivity contribution in [1.82, 2.24) is 4.90 Å². The maximum atomic E-state index is 13.4. The molecular weight excluding hydrogens is 425 g/mol. The first-order chi connectivity index (χ1) is 14.7. The molecule has 4 nitrogen and oxygen atoms in total. The highest BCUT2D eigenvalue weighted by Crippen LogP contribution is 2.32. The highest BCUT2D eigenvalue weighted by Gasteiger charge is 2.33. The summed E-state index contributed by atoms with van der Waals surface area (Å²) in [4.78, 5) is 15.2. The fraction of sp³-hybridized carbons (Fsp3) is 0.500. The number of sulfone groups is 1. The van der Waals surface area contributed by atoms with Crippen molar-refractivity contribution >= 4 is 15.7 Å². The molecule has 1 heterocycles. The van der Waals surface area contributed by atoms with Gasteiger partial charge in [0, 0.05) is 18.7 Å². The summed E-state index contributed by atoms with van der Waals surface area (Å²) >= 11 is 0. The van der Waals surface area contributed by atoms with Gasteiger partial charge in [0.1, 0.15) is 5.82 Å². The van der Waals surface area contributed by atoms with E-state index in [-0.39, 0.29) is 21.6 Å². The molecule has 0 aromatic heterocycles. The predicted octanol–water partition coefficient (Wildman–Crippen LogP) is 5.50. The normalized spacial score (nSPS) is 16.3. The van der Waals surface area contributed by atoms with E-state index in [1.54, 1.807) is 4.90 Å². The van der Waals surface area contributed by atoms with E-state index in [4.69, 9.17) is 0 Å². The molecule has 0 unspecified atom stereocenters. The maximum Gasteiger partial charge on any atom is 0.253 e. The van der Waals surface area contributed by atoms with Crippen LogP contribution in [0.15, 0.2) is 47.4 Å². The van der Waals surface area contributed by atoms with Gasteiger partial charge < -0.3 is 4.90 Å². The van der Waals surface area contributed by atoms with Crippen molar-refractivity contribution in [2.75, 3.05) is 13.1 Å². The molecule has 1 amide bonds. The zero-order valence-corrected chi connectivity index (χ0v) is 20.7. The first kappa shape index (κ1) is 24.4. The van der Waals surface area contributed by atoms with Crippen LogP contribution >= 0.6 is 0 Å². The van der Waals surface area contributed by atoms with Crippen LogP contribution in [0, 0.1) is 5.82 Å². The Morgan fingerprint density at radius 2 is 1.34 bits per heavy atom. The number of benzene rings is 2. The zero-order chi connectivity index (χ0) is 23.9. The highest BCUT2D eigenvalue weighted by atomic mass is 32.2. The van der Waals surface area contributed by atoms with Crippen LogP contribution in [0.5, 0.6) is 0 Å². The van der Waals surface area contributed by atoms with E-state index in [0.29, 0.717) is 31.5 Å². The van der Waals surface area contributed by atoms with E-state index in [9.17, 15) is 17.6 Å². The van der Waals surface area contributed by atoms with Gasteiger partial charge in [0.2, 0.25) is 0 Å². The Morgan fingerprint density at radius 3 is 1.78 bits per heavy atom. The van der Waals surface area contributed by atoms with Crippen molar-refractivity contribution < 1.29 is 17.6 Å². The van der Waals surface area contributed by atoms with Crippen LogP contribution in [0.1, 0.15) is 75.9 Å². The van der Waals surface area contributed by atoms with Crippen LogP contribution in [0.25, 0.3) is 0 Å². The minimum Gasteiger partial charge on any atom is -0.339 e. The lowest BCUT2D eigenvalue weighted by Gasteiger charge is -2.33. The third-order valence-corrected chi connectivity index (χ3v) is 8.50. The number of halogens is 1. The molecule has 0 saturated carbocycles. The number of carbonyl (C=O) groups excluding carboxylic acids is 1. The lowest BCUT2D eigenvalue weighted by molar-refractivity contribution is 0.0725. The van der Waals surface area contributed by atoms with Crippen molar-refractivity contribution in [2.24, 2.45) is 0 Å². The molecule has 1 aliphatic rings. The van der Waals surface area contributed by atoms with Gasteiger partial charge in [0.05, 0.1) is 10.1 Å². The largest absolute Gasteiger partial charge is 0.339 e. The van der Waals surface area contributed by atoms with Crippen molar-refractivity contribution in [1.29, 1.82) is 0 Å². The van der Waals surface area contributed by atoms with Crippen LogP contribution in [0.3, 0.4) is 0 Å². The number of likely N-dealkylation sites (tertiary alicyclic amines) is 1. The fourth-order valence-corrected chi connectivity index (χ4v) is 5.72. The van der Waals surface area contributed by atoms with Crippen molar-refractivity contribution in [3.63, 3.8) is 0 Å². The molecule has 0 atom stereocenters. The van der Waals surface area contributed by atoms with Gasteiger partial charge in [-0.1, -0.05) is 47.6 Å². The van der Waals surface area contributed by atoms with E-state index in [1.165, 1.54) is 24.3 Å². The van der Waals surface area contributed by atoms with Crippen molar-refractivity contribution in [2.45, 2.75) is 75.4 Å². The van der Waals surface area contributed by atoms with Gasteiger partial charge in [-0.05, 0) is 71.2 Å². The number of hydrogen-bond donors (Lipinski definition) is 0. The van der Waals surface area contributed by atoms with E-state index in [0.717, 1.165) is 11.1 Å². The van der Waals surface area contributed by atoms with Gasteiger partial charge >= 0.3 is 0 Å². The monoisotopic (exact) mass is 459 g/mol. The highest BCUT2D eigenvalue weighted by molar-refractivity contribution is 7.92. The molecule has 0 spiro atoms. The Hall–Kier alpha value is -2.21. The average Bonchev–Trinajstić information content (AvgIpc) is 2.72. The molecule has 0 N–H and O–H groups in total. The van der Waals surface area contributed by atoms with E-state index >= 15 is 0 Å². The van der Waals surface area contributed by atoms with Gasteiger partial charge in [-0.15, -0.1) is 0 Å². The number of piperidine rings is 1. The molecular formula is C26H34FNO3S. The molecule has 32 heavy (non-hydrogen) atoms. The van der Waals surface area contributed by atoms with E-state index in [1.807, 2.05) is 12.1 Å². The second kappa shape index (κ2) is 8.62. The summed E-state index contributed by atoms with van der Waals surface area (Å²) in [6.07, 6.45) is 0.743. The standard InChI is InChI=1S/C26H34FNO3S/c1-25(2,3)19-15-18(16-20(17-19)26(4,5)6)24(29)28-13-11-23(12-14-28)32(30,31)22-9-7-21(27)8-10-22/h7-10,15-17,23H,11-14H2,1-6H3. The Balaban J connectivity index is 1.80. The number of carbonyl (C=O) groups is 1. The third kappa shape index (κ3) is 5.22. The molecule has 174 valence electrons. The second-order valence-electron chi connectivity index (χ2n) is 10.8. The van der Waals surface area contributed by atoms with Crippen molar-refractivity contribution in [3.8, 4) is 0 Å². The first-order valence-electron chi connectivity index (χ1n) is 11.1. The quantitative estimate of drug-likeness (QED) is 0.570. The van der Waals surface area contributed by atoms with Gasteiger partial charge in [0.15, 0.2) is 9.84 Å². The SMILES string of the molecule is CC(C)(C)c1cc(C(=O)N2CCC(S(=O)(=O)c3ccc(F)cc3)CC2)cc(C(C)(C)C)c1. The Morgan fingerprint density at radius 1 is 0.875 bits per heavy atom. The number of hydrogen-bond acceptors (Lipinski definition) is 3. The van der Waals surface area contributed by atoms with Crippen LogP contribution < -0.4 is 0 Å². The topological polar surface area (TPSA) is 54.5 Å². The lowest BCUT2D eigenvalue weighted by Crippen LogP contribution is -2.42. The number of amides is 1. The second-order valence-corrected chi connectivity index (χ2v) is 13.0. The molecule has 3 rings (SSSR count). The average molecular weight is 460 g/mol. The molecule has 6 heteroatoms. The summed E-state index contributed by atoms with van der Waals surface area (Å²) in [5.74, 6) is -0.518. The minimum absolute atomic E-state index is 0.0563. The summed E-state index contributed by atoms with van der Waals surface area (Å²) in [6, 6.07) is 11.1. The predicted molar refractivity (Wildman–Crippen MR) is 126 cm³/mol. The van der Waals surface area contributed by atoms with Crippen LogP contribution in [0.2, 0.25) is 0 Å². The van der Waals surface area contributed by atoms with Crippen LogP contribution in [0.4, 0.5) is 4.39 Å². The smallest absolute Gasteiger partial charge is 0.253 e. The third-order valence-electron chi connectivity index (χ3n) is 6.22. The molecule has 1 aliphatic heterocycles. The minimum atomic E-state index is -3.55. The molecule has 1 saturated heterocycles. The molecule has 2 aromatic rings. The summed E-state index contributed by atoms with van der Waals surface area (Å²) < 4.78 is 39.0. The molecule has 0 bridgehead atoms. The van der Waals surface area contributed by atoms with Gasteiger partial charge in [-0.2, -0.15) is 0 Å². The van der Waals surface area contributed by atoms with Gasteiger partial charge in [-0.3, -0.25) is 4.79 Å². The molecule has 2 aromatic carbocycles. The Bertz CT molecular complexity index is 1050. The Labute approximate surface area is 191 Å². The summed E-state index contributed by atoms with van der Waals surface area (Å²) in [6.45, 7) is 13.6. The molecule has 0 aliphatic carbocycles. The lowest BCUT2D eigenvalue weighted by atomic mass is 9.79. The number of nitrogens with zero attached hydrogens (tertiary/aromatic N) is 1. The summed E-state index contributed by atoms with van der Waals surface area (Å²) in [7, 11) is -3.55. The van der Waals surface area contributed by atoms with Gasteiger partial charge in [0.25, 0.3) is 5.91 Å². The Kier molecular flexibility index (Phi) is 6.58. The van der Waals surface area contributed by atoms with Crippen LogP contribution in [-0.2, 0) is 20.7 Å². The summed E-state index contributed by atoms with van der Waals surface area (Å²) in [5, 5.41) is -0.567. The fourth-order valence-electron chi connectivity index (χ4n) is 3.99. The molecule has 1 fully saturated rings. The van der Waals surface area contributed by atoms with Crippen LogP contribution in [-0.4, -0.2) is 37.6 Å². The zero-order valence-electron chi connectivity index (χ0n) is 19.9. The van der Waals surface area contributed by atoms with E-state index in [2.05, 4.69) is 47.6 Å².